The van der Waals surface area contributed by atoms with Crippen LogP contribution in [0.25, 0.3) is 0 Å². The number of carbonyl (C=O) groups is 2. The molecule has 9 nitrogen and oxygen atoms in total. The van der Waals surface area contributed by atoms with Gasteiger partial charge in [-0.05, 0) is 55.9 Å². The molecule has 162 valence electrons. The normalized spacial score (nSPS) is 13.8. The number of ether oxygens (including phenoxy) is 1. The summed E-state index contributed by atoms with van der Waals surface area (Å²) in [6.07, 6.45) is 4.85. The number of nitrogens with one attached hydrogen (secondary N) is 1. The molecule has 9 heteroatoms. The molecule has 0 spiro atoms. The van der Waals surface area contributed by atoms with Crippen molar-refractivity contribution in [1.82, 2.24) is 9.97 Å². The number of hydrogen-bond donors (Lipinski definition) is 2. The number of aliphatic hydroxyl groups excluding tert-OH is 1. The quantitative estimate of drug-likeness (QED) is 0.655. The van der Waals surface area contributed by atoms with Gasteiger partial charge in [0.1, 0.15) is 23.4 Å². The number of nitriles is 1. The predicted octanol–water partition coefficient (Wildman–Crippen LogP) is 2.61. The van der Waals surface area contributed by atoms with E-state index in [1.165, 1.54) is 11.1 Å². The third-order valence-electron chi connectivity index (χ3n) is 5.37. The van der Waals surface area contributed by atoms with Gasteiger partial charge in [-0.15, -0.1) is 0 Å². The topological polar surface area (TPSA) is 128 Å². The summed E-state index contributed by atoms with van der Waals surface area (Å²) in [5.41, 5.74) is 2.60. The molecule has 1 atom stereocenters. The summed E-state index contributed by atoms with van der Waals surface area (Å²) in [5.74, 6) is 0.740. The molecule has 0 aromatic carbocycles. The van der Waals surface area contributed by atoms with E-state index in [4.69, 9.17) is 4.74 Å². The van der Waals surface area contributed by atoms with Gasteiger partial charge in [0.15, 0.2) is 6.29 Å². The van der Waals surface area contributed by atoms with Crippen molar-refractivity contribution in [2.45, 2.75) is 45.3 Å². The summed E-state index contributed by atoms with van der Waals surface area (Å²) in [6.45, 7) is 2.10. The van der Waals surface area contributed by atoms with Crippen LogP contribution in [0.15, 0.2) is 18.3 Å². The van der Waals surface area contributed by atoms with E-state index < -0.39 is 6.03 Å². The van der Waals surface area contributed by atoms with Gasteiger partial charge in [-0.25, -0.2) is 14.8 Å². The second-order valence-electron chi connectivity index (χ2n) is 7.40. The molecule has 1 aliphatic rings. The van der Waals surface area contributed by atoms with E-state index in [9.17, 15) is 20.0 Å². The van der Waals surface area contributed by atoms with E-state index >= 15 is 0 Å². The average Bonchev–Trinajstić information content (AvgIpc) is 2.80. The number of aliphatic hydroxyl groups is 1. The first-order valence-electron chi connectivity index (χ1n) is 10.1. The number of aryl methyl sites for hydroxylation is 2. The van der Waals surface area contributed by atoms with E-state index in [-0.39, 0.29) is 18.4 Å². The first-order chi connectivity index (χ1) is 15.0. The van der Waals surface area contributed by atoms with Crippen LogP contribution < -0.4 is 10.2 Å². The zero-order valence-corrected chi connectivity index (χ0v) is 17.6. The van der Waals surface area contributed by atoms with E-state index in [1.54, 1.807) is 19.2 Å². The van der Waals surface area contributed by atoms with Crippen molar-refractivity contribution in [3.05, 3.63) is 46.3 Å². The Bertz CT molecular complexity index is 1020. The Morgan fingerprint density at radius 2 is 2.26 bits per heavy atom. The van der Waals surface area contributed by atoms with Crippen molar-refractivity contribution in [1.29, 1.82) is 5.26 Å². The highest BCUT2D eigenvalue weighted by molar-refractivity contribution is 6.01. The standard InChI is InChI=1S/C22H25N5O4/c1-14(31-2)5-6-15-9-20(24-11-18(15)10-23)26-22(30)27-7-3-4-16-8-17(12-28)19(13-29)25-21(16)27/h8-9,11,13-14,28H,3-7,12H2,1-2H3,(H,24,26,30). The molecule has 0 fully saturated rings. The number of anilines is 2. The first-order valence-corrected chi connectivity index (χ1v) is 10.1. The lowest BCUT2D eigenvalue weighted by molar-refractivity contribution is 0.111. The number of methoxy groups -OCH3 is 1. The molecule has 0 bridgehead atoms. The summed E-state index contributed by atoms with van der Waals surface area (Å²) in [6, 6.07) is 5.13. The van der Waals surface area contributed by atoms with Crippen molar-refractivity contribution in [3.8, 4) is 6.07 Å². The number of amides is 2. The molecule has 0 saturated heterocycles. The van der Waals surface area contributed by atoms with E-state index in [0.29, 0.717) is 48.4 Å². The van der Waals surface area contributed by atoms with Gasteiger partial charge in [-0.1, -0.05) is 0 Å². The number of nitrogens with zero attached hydrogens (tertiary/aromatic N) is 4. The molecule has 2 aromatic heterocycles. The van der Waals surface area contributed by atoms with Crippen LogP contribution in [0.3, 0.4) is 0 Å². The van der Waals surface area contributed by atoms with E-state index in [1.807, 2.05) is 6.92 Å². The molecule has 31 heavy (non-hydrogen) atoms. The van der Waals surface area contributed by atoms with Crippen molar-refractivity contribution in [2.24, 2.45) is 0 Å². The Kier molecular flexibility index (Phi) is 7.28. The van der Waals surface area contributed by atoms with Crippen LogP contribution in [0, 0.1) is 11.3 Å². The monoisotopic (exact) mass is 423 g/mol. The highest BCUT2D eigenvalue weighted by atomic mass is 16.5. The van der Waals surface area contributed by atoms with E-state index in [0.717, 1.165) is 24.0 Å². The molecule has 2 N–H and O–H groups in total. The molecule has 1 unspecified atom stereocenters. The van der Waals surface area contributed by atoms with Crippen LogP contribution >= 0.6 is 0 Å². The molecular formula is C22H25N5O4. The van der Waals surface area contributed by atoms with Crippen LogP contribution in [0.2, 0.25) is 0 Å². The van der Waals surface area contributed by atoms with Gasteiger partial charge in [0, 0.05) is 25.4 Å². The summed E-state index contributed by atoms with van der Waals surface area (Å²) in [4.78, 5) is 34.3. The lowest BCUT2D eigenvalue weighted by Gasteiger charge is -2.29. The number of rotatable bonds is 7. The van der Waals surface area contributed by atoms with Crippen LogP contribution in [0.1, 0.15) is 52.5 Å². The number of hydrogen-bond acceptors (Lipinski definition) is 7. The average molecular weight is 423 g/mol. The Morgan fingerprint density at radius 3 is 2.94 bits per heavy atom. The zero-order valence-electron chi connectivity index (χ0n) is 17.6. The lowest BCUT2D eigenvalue weighted by Crippen LogP contribution is -2.40. The summed E-state index contributed by atoms with van der Waals surface area (Å²) in [7, 11) is 1.64. The minimum Gasteiger partial charge on any atom is -0.392 e. The van der Waals surface area contributed by atoms with Gasteiger partial charge < -0.3 is 9.84 Å². The Labute approximate surface area is 180 Å². The molecule has 3 rings (SSSR count). The van der Waals surface area contributed by atoms with Gasteiger partial charge in [0.2, 0.25) is 0 Å². The van der Waals surface area contributed by atoms with Crippen molar-refractivity contribution in [3.63, 3.8) is 0 Å². The van der Waals surface area contributed by atoms with Gasteiger partial charge in [-0.3, -0.25) is 15.0 Å². The SMILES string of the molecule is COC(C)CCc1cc(NC(=O)N2CCCc3cc(CO)c(C=O)nc32)ncc1C#N. The van der Waals surface area contributed by atoms with Gasteiger partial charge >= 0.3 is 6.03 Å². The van der Waals surface area contributed by atoms with Gasteiger partial charge in [-0.2, -0.15) is 5.26 Å². The molecule has 2 aromatic rings. The minimum atomic E-state index is -0.421. The fraction of sp³-hybridized carbons (Fsp3) is 0.409. The molecule has 3 heterocycles. The molecule has 0 radical (unpaired) electrons. The fourth-order valence-electron chi connectivity index (χ4n) is 3.51. The van der Waals surface area contributed by atoms with Crippen LogP contribution in [-0.4, -0.2) is 47.2 Å². The summed E-state index contributed by atoms with van der Waals surface area (Å²) in [5, 5.41) is 21.6. The lowest BCUT2D eigenvalue weighted by atomic mass is 10.0. The maximum Gasteiger partial charge on any atom is 0.328 e. The van der Waals surface area contributed by atoms with Gasteiger partial charge in [0.25, 0.3) is 0 Å². The third kappa shape index (κ3) is 5.05. The smallest absolute Gasteiger partial charge is 0.328 e. The second-order valence-corrected chi connectivity index (χ2v) is 7.40. The Hall–Kier alpha value is -3.35. The number of aldehydes is 1. The van der Waals surface area contributed by atoms with Crippen LogP contribution in [0.5, 0.6) is 0 Å². The van der Waals surface area contributed by atoms with Crippen LogP contribution in [-0.2, 0) is 24.2 Å². The largest absolute Gasteiger partial charge is 0.392 e. The van der Waals surface area contributed by atoms with Crippen molar-refractivity contribution < 1.29 is 19.4 Å². The van der Waals surface area contributed by atoms with Crippen LogP contribution in [0.4, 0.5) is 16.4 Å². The number of urea groups is 1. The molecule has 2 amide bonds. The zero-order chi connectivity index (χ0) is 22.4. The number of fused-ring (bicyclic) bond motifs is 1. The summed E-state index contributed by atoms with van der Waals surface area (Å²) >= 11 is 0. The summed E-state index contributed by atoms with van der Waals surface area (Å²) < 4.78 is 5.27. The van der Waals surface area contributed by atoms with E-state index in [2.05, 4.69) is 21.4 Å². The Morgan fingerprint density at radius 1 is 1.45 bits per heavy atom. The number of pyridine rings is 2. The van der Waals surface area contributed by atoms with Crippen molar-refractivity contribution in [2.75, 3.05) is 23.9 Å². The fourth-order valence-corrected chi connectivity index (χ4v) is 3.51. The highest BCUT2D eigenvalue weighted by Crippen LogP contribution is 2.28. The highest BCUT2D eigenvalue weighted by Gasteiger charge is 2.26. The maximum atomic E-state index is 13.0. The molecule has 0 saturated carbocycles. The minimum absolute atomic E-state index is 0.0458. The maximum absolute atomic E-state index is 13.0. The third-order valence-corrected chi connectivity index (χ3v) is 5.37. The molecular weight excluding hydrogens is 398 g/mol. The molecule has 0 aliphatic carbocycles. The first kappa shape index (κ1) is 22.3. The molecule has 1 aliphatic heterocycles. The number of carbonyl (C=O) groups excluding carboxylic acids is 2. The van der Waals surface area contributed by atoms with Crippen molar-refractivity contribution >= 4 is 24.0 Å². The number of aromatic nitrogens is 2. The van der Waals surface area contributed by atoms with Gasteiger partial charge in [0.05, 0.1) is 18.3 Å². The Balaban J connectivity index is 1.83. The second kappa shape index (κ2) is 10.1. The predicted molar refractivity (Wildman–Crippen MR) is 114 cm³/mol.